The maximum atomic E-state index is 12.8. The quantitative estimate of drug-likeness (QED) is 0.661. The van der Waals surface area contributed by atoms with Crippen molar-refractivity contribution in [1.82, 2.24) is 9.55 Å². The molecule has 0 amide bonds. The summed E-state index contributed by atoms with van der Waals surface area (Å²) in [5.74, 6) is -0.813. The molecule has 0 bridgehead atoms. The minimum absolute atomic E-state index is 0.0141. The second-order valence-corrected chi connectivity index (χ2v) is 7.43. The molecule has 0 atom stereocenters. The van der Waals surface area contributed by atoms with Gasteiger partial charge in [-0.15, -0.1) is 0 Å². The Kier molecular flexibility index (Phi) is 5.48. The second-order valence-electron chi connectivity index (χ2n) is 7.43. The van der Waals surface area contributed by atoms with Gasteiger partial charge in [0.15, 0.2) is 0 Å². The van der Waals surface area contributed by atoms with Gasteiger partial charge in [-0.1, -0.05) is 36.8 Å². The number of aliphatic carboxylic acids is 1. The third-order valence-electron chi connectivity index (χ3n) is 5.07. The summed E-state index contributed by atoms with van der Waals surface area (Å²) in [6, 6.07) is 10.3. The highest BCUT2D eigenvalue weighted by Gasteiger charge is 2.38. The van der Waals surface area contributed by atoms with Gasteiger partial charge in [-0.2, -0.15) is 0 Å². The number of hydrogen-bond acceptors (Lipinski definition) is 5. The van der Waals surface area contributed by atoms with Crippen LogP contribution in [0, 0.1) is 0 Å². The van der Waals surface area contributed by atoms with E-state index in [1.165, 1.54) is 16.3 Å². The number of carbonyl (C=O) groups is 1. The second kappa shape index (κ2) is 7.82. The molecule has 1 aromatic carbocycles. The van der Waals surface area contributed by atoms with Crippen molar-refractivity contribution in [2.75, 3.05) is 17.2 Å². The molecule has 1 aromatic heterocycles. The molecule has 1 heterocycles. The summed E-state index contributed by atoms with van der Waals surface area (Å²) in [7, 11) is 0. The molecule has 2 aromatic rings. The molecular formula is C20H26N4O3. The van der Waals surface area contributed by atoms with Gasteiger partial charge < -0.3 is 15.7 Å². The van der Waals surface area contributed by atoms with Crippen molar-refractivity contribution in [3.8, 4) is 0 Å². The lowest BCUT2D eigenvalue weighted by molar-refractivity contribution is -0.137. The highest BCUT2D eigenvalue weighted by molar-refractivity contribution is 5.67. The number of anilines is 2. The molecule has 0 radical (unpaired) electrons. The van der Waals surface area contributed by atoms with Crippen LogP contribution in [-0.4, -0.2) is 33.2 Å². The van der Waals surface area contributed by atoms with Gasteiger partial charge in [0.2, 0.25) is 5.95 Å². The molecule has 0 saturated heterocycles. The number of rotatable bonds is 8. The largest absolute Gasteiger partial charge is 0.480 e. The van der Waals surface area contributed by atoms with Crippen LogP contribution in [0.25, 0.3) is 0 Å². The van der Waals surface area contributed by atoms with E-state index in [0.717, 1.165) is 19.3 Å². The Hall–Kier alpha value is -2.83. The van der Waals surface area contributed by atoms with E-state index >= 15 is 0 Å². The highest BCUT2D eigenvalue weighted by Crippen LogP contribution is 2.43. The van der Waals surface area contributed by atoms with Crippen molar-refractivity contribution in [1.29, 1.82) is 0 Å². The first kappa shape index (κ1) is 18.9. The number of carboxylic acid groups (broad SMARTS) is 1. The molecule has 1 aliphatic rings. The zero-order valence-electron chi connectivity index (χ0n) is 15.7. The van der Waals surface area contributed by atoms with Crippen molar-refractivity contribution in [3.05, 3.63) is 52.4 Å². The number of nitrogens with one attached hydrogen (secondary N) is 2. The normalized spacial score (nSPS) is 15.2. The first-order chi connectivity index (χ1) is 12.9. The maximum absolute atomic E-state index is 12.8. The monoisotopic (exact) mass is 370 g/mol. The van der Waals surface area contributed by atoms with Gasteiger partial charge >= 0.3 is 5.97 Å². The summed E-state index contributed by atoms with van der Waals surface area (Å²) in [4.78, 5) is 28.3. The lowest BCUT2D eigenvalue weighted by Gasteiger charge is -2.42. The first-order valence-corrected chi connectivity index (χ1v) is 9.29. The van der Waals surface area contributed by atoms with E-state index in [-0.39, 0.29) is 23.0 Å². The molecule has 7 nitrogen and oxygen atoms in total. The van der Waals surface area contributed by atoms with Gasteiger partial charge in [0.25, 0.3) is 5.56 Å². The Balaban J connectivity index is 1.84. The number of benzene rings is 1. The molecule has 144 valence electrons. The first-order valence-electron chi connectivity index (χ1n) is 9.29. The van der Waals surface area contributed by atoms with Crippen molar-refractivity contribution in [3.63, 3.8) is 0 Å². The van der Waals surface area contributed by atoms with Crippen LogP contribution in [0.1, 0.15) is 38.7 Å². The van der Waals surface area contributed by atoms with E-state index in [9.17, 15) is 9.59 Å². The number of nitrogens with zero attached hydrogens (tertiary/aromatic N) is 2. The fraction of sp³-hybridized carbons (Fsp3) is 0.450. The summed E-state index contributed by atoms with van der Waals surface area (Å²) in [5.41, 5.74) is 1.23. The van der Waals surface area contributed by atoms with E-state index in [4.69, 9.17) is 5.11 Å². The average molecular weight is 370 g/mol. The zero-order chi connectivity index (χ0) is 19.4. The van der Waals surface area contributed by atoms with Crippen molar-refractivity contribution >= 4 is 17.6 Å². The summed E-state index contributed by atoms with van der Waals surface area (Å²) >= 11 is 0. The van der Waals surface area contributed by atoms with E-state index < -0.39 is 12.5 Å². The van der Waals surface area contributed by atoms with Crippen molar-refractivity contribution in [2.45, 2.75) is 51.1 Å². The molecule has 3 N–H and O–H groups in total. The number of carboxylic acids is 1. The summed E-state index contributed by atoms with van der Waals surface area (Å²) in [5, 5.41) is 15.4. The van der Waals surface area contributed by atoms with Crippen LogP contribution in [0.4, 0.5) is 11.6 Å². The molecule has 0 spiro atoms. The fourth-order valence-electron chi connectivity index (χ4n) is 3.50. The van der Waals surface area contributed by atoms with Gasteiger partial charge in [-0.25, -0.2) is 4.98 Å². The van der Waals surface area contributed by atoms with Gasteiger partial charge in [-0.3, -0.25) is 14.2 Å². The molecule has 0 unspecified atom stereocenters. The summed E-state index contributed by atoms with van der Waals surface area (Å²) in [6.07, 6.45) is 4.78. The van der Waals surface area contributed by atoms with Crippen LogP contribution in [0.5, 0.6) is 0 Å². The predicted molar refractivity (Wildman–Crippen MR) is 105 cm³/mol. The molecule has 1 saturated carbocycles. The summed E-state index contributed by atoms with van der Waals surface area (Å²) < 4.78 is 1.17. The van der Waals surface area contributed by atoms with E-state index in [1.54, 1.807) is 0 Å². The third kappa shape index (κ3) is 4.13. The fourth-order valence-corrected chi connectivity index (χ4v) is 3.50. The van der Waals surface area contributed by atoms with Crippen LogP contribution in [0.15, 0.2) is 41.3 Å². The molecule has 0 aliphatic heterocycles. The minimum atomic E-state index is -1.08. The highest BCUT2D eigenvalue weighted by atomic mass is 16.4. The van der Waals surface area contributed by atoms with E-state index in [0.29, 0.717) is 12.2 Å². The van der Waals surface area contributed by atoms with E-state index in [2.05, 4.69) is 27.8 Å². The molecular weight excluding hydrogens is 344 g/mol. The predicted octanol–water partition coefficient (Wildman–Crippen LogP) is 2.68. The van der Waals surface area contributed by atoms with Crippen molar-refractivity contribution in [2.24, 2.45) is 0 Å². The Labute approximate surface area is 158 Å². The minimum Gasteiger partial charge on any atom is -0.480 e. The number of aromatic nitrogens is 2. The number of hydrogen-bond donors (Lipinski definition) is 3. The Bertz CT molecular complexity index is 857. The average Bonchev–Trinajstić information content (AvgIpc) is 2.59. The lowest BCUT2D eigenvalue weighted by atomic mass is 9.64. The van der Waals surface area contributed by atoms with Gasteiger partial charge in [0, 0.05) is 18.0 Å². The molecule has 1 fully saturated rings. The zero-order valence-corrected chi connectivity index (χ0v) is 15.7. The van der Waals surface area contributed by atoms with Gasteiger partial charge in [-0.05, 0) is 32.3 Å². The summed E-state index contributed by atoms with van der Waals surface area (Å²) in [6.45, 7) is 4.01. The molecule has 3 rings (SSSR count). The van der Waals surface area contributed by atoms with Gasteiger partial charge in [0.1, 0.15) is 12.2 Å². The van der Waals surface area contributed by atoms with Crippen LogP contribution in [0.3, 0.4) is 0 Å². The van der Waals surface area contributed by atoms with Crippen LogP contribution in [-0.2, 0) is 16.8 Å². The van der Waals surface area contributed by atoms with E-state index in [1.807, 2.05) is 32.0 Å². The van der Waals surface area contributed by atoms with Crippen LogP contribution < -0.4 is 16.2 Å². The van der Waals surface area contributed by atoms with Gasteiger partial charge in [0.05, 0.1) is 6.20 Å². The Morgan fingerprint density at radius 1 is 1.30 bits per heavy atom. The Morgan fingerprint density at radius 2 is 2.00 bits per heavy atom. The maximum Gasteiger partial charge on any atom is 0.323 e. The SMILES string of the molecule is CC(C)Nc1ncc(NCC2(c3ccccc3)CCC2)c(=O)n1CC(=O)O. The van der Waals surface area contributed by atoms with Crippen molar-refractivity contribution < 1.29 is 9.90 Å². The topological polar surface area (TPSA) is 96.3 Å². The molecule has 27 heavy (non-hydrogen) atoms. The lowest BCUT2D eigenvalue weighted by Crippen LogP contribution is -2.42. The smallest absolute Gasteiger partial charge is 0.323 e. The van der Waals surface area contributed by atoms with Crippen LogP contribution in [0.2, 0.25) is 0 Å². The Morgan fingerprint density at radius 3 is 2.56 bits per heavy atom. The third-order valence-corrected chi connectivity index (χ3v) is 5.07. The van der Waals surface area contributed by atoms with Crippen LogP contribution >= 0.6 is 0 Å². The standard InChI is InChI=1S/C20H26N4O3/c1-14(2)23-19-21-11-16(18(27)24(19)12-17(25)26)22-13-20(9-6-10-20)15-7-4-3-5-8-15/h3-5,7-8,11,14,22H,6,9-10,12-13H2,1-2H3,(H,21,23)(H,25,26). The molecule has 1 aliphatic carbocycles. The molecule has 7 heteroatoms.